The summed E-state index contributed by atoms with van der Waals surface area (Å²) in [7, 11) is -3.06. The van der Waals surface area contributed by atoms with Crippen molar-refractivity contribution >= 4 is 19.2 Å². The molecule has 0 spiro atoms. The lowest BCUT2D eigenvalue weighted by Gasteiger charge is -2.29. The number of phosphoric acid groups is 1. The number of fused-ring (bicyclic) bond motifs is 2. The smallest absolute Gasteiger partial charge is 0.469 e. The third kappa shape index (κ3) is 13.7. The van der Waals surface area contributed by atoms with Crippen molar-refractivity contribution in [3.63, 3.8) is 0 Å². The lowest BCUT2D eigenvalue weighted by atomic mass is 9.96. The summed E-state index contributed by atoms with van der Waals surface area (Å²) in [6, 6.07) is 10.8. The predicted molar refractivity (Wildman–Crippen MR) is 224 cm³/mol. The molecule has 0 amide bonds. The van der Waals surface area contributed by atoms with Crippen LogP contribution in [0.15, 0.2) is 36.8 Å². The van der Waals surface area contributed by atoms with E-state index in [2.05, 4.69) is 33.4 Å². The fourth-order valence-electron chi connectivity index (χ4n) is 7.72. The average Bonchev–Trinajstić information content (AvgIpc) is 3.91. The third-order valence-electron chi connectivity index (χ3n) is 10.9. The van der Waals surface area contributed by atoms with Gasteiger partial charge in [-0.3, -0.25) is 9.05 Å². The lowest BCUT2D eigenvalue weighted by Crippen LogP contribution is -2.45. The molecule has 5 rings (SSSR count). The highest BCUT2D eigenvalue weighted by molar-refractivity contribution is 7.47. The molecule has 60 heavy (non-hydrogen) atoms. The Balaban J connectivity index is 1.08. The monoisotopic (exact) mass is 853 g/mol. The predicted octanol–water partition coefficient (Wildman–Crippen LogP) is 8.75. The molecule has 2 N–H and O–H groups in total. The molecule has 0 aromatic carbocycles. The summed E-state index contributed by atoms with van der Waals surface area (Å²) < 4.78 is 56.5. The van der Waals surface area contributed by atoms with Gasteiger partial charge in [0.05, 0.1) is 24.5 Å². The van der Waals surface area contributed by atoms with E-state index >= 15 is 0 Å². The van der Waals surface area contributed by atoms with Gasteiger partial charge in [-0.05, 0) is 38.5 Å². The molecule has 2 aliphatic rings. The summed E-state index contributed by atoms with van der Waals surface area (Å²) in [4.78, 5) is 19.3. The van der Waals surface area contributed by atoms with Crippen LogP contribution in [0.25, 0.3) is 5.52 Å². The number of ether oxygens (including phenoxy) is 5. The zero-order chi connectivity index (χ0) is 42.9. The molecule has 17 heteroatoms. The first-order chi connectivity index (χ1) is 29.0. The van der Waals surface area contributed by atoms with E-state index in [0.29, 0.717) is 29.2 Å². The largest absolute Gasteiger partial charge is 0.472 e. The standard InChI is InChI=1S/C43H64N7O9P/c1-5-6-7-8-9-10-11-12-13-14-15-16-17-18-19-20-25-53-28-34(56-37-24-21-33(26-44)27-47-37)29-54-60(51,52)55-31-43(30-45)40-39(57-42(2,3)59-40)38(58-43)35-22-23-36-41(46-4)48-32-49-50(35)36/h21-24,27,32,34,38-40H,5-20,25,28-29,31H2,1-4H3,(H,51,52)(H,46,48,49)/t34-,38-,39-,40-,43+/m0/s1. The zero-order valence-corrected chi connectivity index (χ0v) is 36.7. The minimum atomic E-state index is -4.81. The number of pyridine rings is 1. The second-order valence-corrected chi connectivity index (χ2v) is 17.6. The maximum atomic E-state index is 13.4. The summed E-state index contributed by atoms with van der Waals surface area (Å²) >= 11 is 0. The van der Waals surface area contributed by atoms with E-state index in [1.807, 2.05) is 12.1 Å². The van der Waals surface area contributed by atoms with Gasteiger partial charge in [-0.15, -0.1) is 0 Å². The Morgan fingerprint density at radius 1 is 0.883 bits per heavy atom. The van der Waals surface area contributed by atoms with Crippen LogP contribution in [0, 0.1) is 22.7 Å². The summed E-state index contributed by atoms with van der Waals surface area (Å²) in [5.41, 5.74) is -0.257. The molecule has 5 heterocycles. The highest BCUT2D eigenvalue weighted by Gasteiger charge is 2.65. The Hall–Kier alpha value is -3.70. The van der Waals surface area contributed by atoms with Gasteiger partial charge in [0.1, 0.15) is 55.0 Å². The minimum Gasteiger partial charge on any atom is -0.469 e. The van der Waals surface area contributed by atoms with Crippen LogP contribution >= 0.6 is 7.82 Å². The third-order valence-corrected chi connectivity index (χ3v) is 11.8. The molecule has 2 fully saturated rings. The molecular weight excluding hydrogens is 789 g/mol. The van der Waals surface area contributed by atoms with Crippen molar-refractivity contribution < 1.29 is 42.2 Å². The number of hydrogen-bond acceptors (Lipinski definition) is 14. The van der Waals surface area contributed by atoms with Crippen LogP contribution < -0.4 is 10.1 Å². The second kappa shape index (κ2) is 23.5. The molecule has 0 radical (unpaired) electrons. The van der Waals surface area contributed by atoms with Crippen molar-refractivity contribution in [2.24, 2.45) is 0 Å². The van der Waals surface area contributed by atoms with E-state index in [-0.39, 0.29) is 12.5 Å². The average molecular weight is 854 g/mol. The lowest BCUT2D eigenvalue weighted by molar-refractivity contribution is -0.204. The van der Waals surface area contributed by atoms with Crippen LogP contribution in [0.4, 0.5) is 5.82 Å². The molecule has 16 nitrogen and oxygen atoms in total. The fraction of sp³-hybridized carbons (Fsp3) is 0.698. The summed E-state index contributed by atoms with van der Waals surface area (Å²) in [5, 5.41) is 27.1. The molecule has 0 aliphatic carbocycles. The first-order valence-corrected chi connectivity index (χ1v) is 23.2. The van der Waals surface area contributed by atoms with Crippen molar-refractivity contribution in [3.05, 3.63) is 48.0 Å². The SMILES string of the molecule is CCCCCCCCCCCCCCCCCCOC[C@@H](COP(=O)(O)OC[C@@]1(C#N)O[C@@H](c2ccc3c(NC)ncnn23)[C@@H]2OC(C)(C)O[C@@H]21)Oc1ccc(C#N)cn1. The molecule has 330 valence electrons. The van der Waals surface area contributed by atoms with Crippen LogP contribution in [-0.4, -0.2) is 87.7 Å². The number of aromatic nitrogens is 4. The van der Waals surface area contributed by atoms with Gasteiger partial charge in [0, 0.05) is 25.9 Å². The van der Waals surface area contributed by atoms with E-state index < -0.39 is 56.8 Å². The second-order valence-electron chi connectivity index (χ2n) is 16.1. The van der Waals surface area contributed by atoms with Gasteiger partial charge in [-0.2, -0.15) is 15.6 Å². The molecule has 2 saturated heterocycles. The maximum absolute atomic E-state index is 13.4. The Kier molecular flexibility index (Phi) is 18.5. The molecule has 0 saturated carbocycles. The quantitative estimate of drug-likeness (QED) is 0.0495. The van der Waals surface area contributed by atoms with Crippen molar-refractivity contribution in [1.29, 1.82) is 10.5 Å². The Labute approximate surface area is 354 Å². The van der Waals surface area contributed by atoms with Gasteiger partial charge in [0.25, 0.3) is 0 Å². The number of unbranched alkanes of at least 4 members (excludes halogenated alkanes) is 15. The highest BCUT2D eigenvalue weighted by Crippen LogP contribution is 2.52. The van der Waals surface area contributed by atoms with Gasteiger partial charge in [-0.25, -0.2) is 19.0 Å². The first-order valence-electron chi connectivity index (χ1n) is 21.7. The highest BCUT2D eigenvalue weighted by atomic mass is 31.2. The Bertz CT molecular complexity index is 1880. The van der Waals surface area contributed by atoms with Crippen molar-refractivity contribution in [1.82, 2.24) is 19.6 Å². The number of nitrogens with one attached hydrogen (secondary N) is 1. The molecule has 3 aromatic rings. The molecule has 1 unspecified atom stereocenters. The van der Waals surface area contributed by atoms with Gasteiger partial charge in [0.2, 0.25) is 11.5 Å². The van der Waals surface area contributed by atoms with Crippen LogP contribution in [0.1, 0.15) is 141 Å². The number of anilines is 1. The van der Waals surface area contributed by atoms with E-state index in [4.69, 9.17) is 32.7 Å². The van der Waals surface area contributed by atoms with Gasteiger partial charge in [-0.1, -0.05) is 103 Å². The van der Waals surface area contributed by atoms with E-state index in [1.54, 1.807) is 37.5 Å². The molecule has 2 aliphatic heterocycles. The molecule has 0 bridgehead atoms. The maximum Gasteiger partial charge on any atom is 0.472 e. The number of nitriles is 2. The summed E-state index contributed by atoms with van der Waals surface area (Å²) in [6.45, 7) is 5.14. The first kappa shape index (κ1) is 47.4. The molecule has 3 aromatic heterocycles. The van der Waals surface area contributed by atoms with E-state index in [0.717, 1.165) is 19.3 Å². The van der Waals surface area contributed by atoms with Crippen LogP contribution in [-0.2, 0) is 32.6 Å². The number of nitrogens with zero attached hydrogens (tertiary/aromatic N) is 6. The topological polar surface area (TPSA) is 205 Å². The Morgan fingerprint density at radius 2 is 1.55 bits per heavy atom. The normalized spacial score (nSPS) is 22.2. The van der Waals surface area contributed by atoms with Crippen molar-refractivity contribution in [3.8, 4) is 18.0 Å². The van der Waals surface area contributed by atoms with Gasteiger partial charge in [0.15, 0.2) is 11.6 Å². The van der Waals surface area contributed by atoms with E-state index in [1.165, 1.54) is 102 Å². The van der Waals surface area contributed by atoms with Crippen LogP contribution in [0.2, 0.25) is 0 Å². The fourth-order valence-corrected chi connectivity index (χ4v) is 8.51. The van der Waals surface area contributed by atoms with Gasteiger partial charge < -0.3 is 33.9 Å². The molecule has 6 atom stereocenters. The summed E-state index contributed by atoms with van der Waals surface area (Å²) in [6.07, 6.45) is 19.7. The number of rotatable bonds is 29. The van der Waals surface area contributed by atoms with Crippen LogP contribution in [0.3, 0.4) is 0 Å². The van der Waals surface area contributed by atoms with Crippen molar-refractivity contribution in [2.75, 3.05) is 38.8 Å². The van der Waals surface area contributed by atoms with Gasteiger partial charge >= 0.3 is 7.82 Å². The summed E-state index contributed by atoms with van der Waals surface area (Å²) in [5.74, 6) is -0.313. The molecular formula is C43H64N7O9P. The van der Waals surface area contributed by atoms with Crippen LogP contribution in [0.5, 0.6) is 5.88 Å². The minimum absolute atomic E-state index is 0.0431. The van der Waals surface area contributed by atoms with E-state index in [9.17, 15) is 20.0 Å². The Morgan fingerprint density at radius 3 is 2.15 bits per heavy atom. The van der Waals surface area contributed by atoms with Crippen molar-refractivity contribution in [2.45, 2.75) is 159 Å². The number of phosphoric ester groups is 1. The number of hydrogen-bond donors (Lipinski definition) is 2. The zero-order valence-electron chi connectivity index (χ0n) is 35.8.